The highest BCUT2D eigenvalue weighted by molar-refractivity contribution is 5.56. The van der Waals surface area contributed by atoms with Crippen molar-refractivity contribution < 1.29 is 13.2 Å². The van der Waals surface area contributed by atoms with Gasteiger partial charge in [0.2, 0.25) is 0 Å². The second kappa shape index (κ2) is 5.82. The van der Waals surface area contributed by atoms with Gasteiger partial charge in [-0.1, -0.05) is 18.2 Å². The first-order chi connectivity index (χ1) is 9.01. The molecule has 2 rings (SSSR count). The van der Waals surface area contributed by atoms with Gasteiger partial charge >= 0.3 is 6.18 Å². The second-order valence-corrected chi connectivity index (χ2v) is 4.89. The van der Waals surface area contributed by atoms with Gasteiger partial charge in [0.25, 0.3) is 0 Å². The molecule has 19 heavy (non-hydrogen) atoms. The zero-order valence-electron chi connectivity index (χ0n) is 11.0. The maximum atomic E-state index is 12.2. The van der Waals surface area contributed by atoms with Gasteiger partial charge in [-0.25, -0.2) is 0 Å². The van der Waals surface area contributed by atoms with E-state index in [2.05, 4.69) is 10.2 Å². The number of hydrogen-bond donors (Lipinski definition) is 1. The molecule has 0 radical (unpaired) electrons. The van der Waals surface area contributed by atoms with Crippen molar-refractivity contribution in [3.05, 3.63) is 29.8 Å². The number of alkyl halides is 3. The third-order valence-electron chi connectivity index (χ3n) is 3.58. The number of anilines is 1. The van der Waals surface area contributed by atoms with E-state index in [-0.39, 0.29) is 6.42 Å². The van der Waals surface area contributed by atoms with Gasteiger partial charge in [-0.05, 0) is 31.5 Å². The molecule has 0 fully saturated rings. The lowest BCUT2D eigenvalue weighted by Crippen LogP contribution is -2.35. The predicted octanol–water partition coefficient (Wildman–Crippen LogP) is 3.50. The predicted molar refractivity (Wildman–Crippen MR) is 70.4 cm³/mol. The van der Waals surface area contributed by atoms with Crippen LogP contribution >= 0.6 is 0 Å². The Balaban J connectivity index is 2.03. The lowest BCUT2D eigenvalue weighted by Gasteiger charge is -2.35. The third-order valence-corrected chi connectivity index (χ3v) is 3.58. The zero-order valence-corrected chi connectivity index (χ0v) is 11.0. The van der Waals surface area contributed by atoms with Crippen LogP contribution in [0.3, 0.4) is 0 Å². The first-order valence-electron chi connectivity index (χ1n) is 6.59. The Morgan fingerprint density at radius 3 is 2.74 bits per heavy atom. The Kier molecular flexibility index (Phi) is 4.34. The summed E-state index contributed by atoms with van der Waals surface area (Å²) in [5.74, 6) is 0. The molecule has 0 aliphatic carbocycles. The summed E-state index contributed by atoms with van der Waals surface area (Å²) in [6.07, 6.45) is -3.68. The molecule has 1 aromatic carbocycles. The summed E-state index contributed by atoms with van der Waals surface area (Å²) in [4.78, 5) is 2.06. The van der Waals surface area contributed by atoms with E-state index in [1.807, 2.05) is 31.3 Å². The molecule has 5 heteroatoms. The second-order valence-electron chi connectivity index (χ2n) is 4.89. The van der Waals surface area contributed by atoms with Gasteiger partial charge in [0.1, 0.15) is 0 Å². The Morgan fingerprint density at radius 2 is 2.05 bits per heavy atom. The third kappa shape index (κ3) is 3.62. The standard InChI is InChI=1S/C14H19F3N2/c1-18-12-7-10-19(9-4-8-14(15,16)17)13-6-3-2-5-11(12)13/h2-3,5-6,12,18H,4,7-10H2,1H3. The van der Waals surface area contributed by atoms with Crippen molar-refractivity contribution in [3.63, 3.8) is 0 Å². The molecule has 1 aromatic rings. The molecule has 1 unspecified atom stereocenters. The average Bonchev–Trinajstić information content (AvgIpc) is 2.37. The number of halogens is 3. The van der Waals surface area contributed by atoms with Crippen molar-refractivity contribution in [2.24, 2.45) is 0 Å². The van der Waals surface area contributed by atoms with Crippen molar-refractivity contribution in [3.8, 4) is 0 Å². The van der Waals surface area contributed by atoms with E-state index in [0.717, 1.165) is 18.7 Å². The SMILES string of the molecule is CNC1CCN(CCCC(F)(F)F)c2ccccc21. The van der Waals surface area contributed by atoms with Crippen LogP contribution in [0.4, 0.5) is 18.9 Å². The molecule has 0 amide bonds. The molecule has 2 nitrogen and oxygen atoms in total. The van der Waals surface area contributed by atoms with Crippen LogP contribution < -0.4 is 10.2 Å². The van der Waals surface area contributed by atoms with Crippen LogP contribution in [-0.2, 0) is 0 Å². The van der Waals surface area contributed by atoms with Gasteiger partial charge in [0.15, 0.2) is 0 Å². The van der Waals surface area contributed by atoms with E-state index in [1.54, 1.807) is 0 Å². The number of nitrogens with one attached hydrogen (secondary N) is 1. The van der Waals surface area contributed by atoms with Gasteiger partial charge in [0, 0.05) is 31.2 Å². The lowest BCUT2D eigenvalue weighted by molar-refractivity contribution is -0.135. The maximum absolute atomic E-state index is 12.2. The number of benzene rings is 1. The minimum atomic E-state index is -4.05. The smallest absolute Gasteiger partial charge is 0.371 e. The fourth-order valence-electron chi connectivity index (χ4n) is 2.63. The highest BCUT2D eigenvalue weighted by Crippen LogP contribution is 2.33. The van der Waals surface area contributed by atoms with E-state index in [0.29, 0.717) is 12.6 Å². The highest BCUT2D eigenvalue weighted by atomic mass is 19.4. The fraction of sp³-hybridized carbons (Fsp3) is 0.571. The summed E-state index contributed by atoms with van der Waals surface area (Å²) in [7, 11) is 1.92. The fourth-order valence-corrected chi connectivity index (χ4v) is 2.63. The number of nitrogens with zero attached hydrogens (tertiary/aromatic N) is 1. The van der Waals surface area contributed by atoms with Crippen molar-refractivity contribution >= 4 is 5.69 Å². The van der Waals surface area contributed by atoms with Crippen LogP contribution in [0.1, 0.15) is 30.9 Å². The molecular formula is C14H19F3N2. The number of hydrogen-bond acceptors (Lipinski definition) is 2. The summed E-state index contributed by atoms with van der Waals surface area (Å²) >= 11 is 0. The van der Waals surface area contributed by atoms with Gasteiger partial charge in [-0.2, -0.15) is 13.2 Å². The van der Waals surface area contributed by atoms with Crippen LogP contribution in [0, 0.1) is 0 Å². The topological polar surface area (TPSA) is 15.3 Å². The normalized spacial score (nSPS) is 19.4. The molecule has 0 bridgehead atoms. The minimum Gasteiger partial charge on any atom is -0.371 e. The summed E-state index contributed by atoms with van der Waals surface area (Å²) in [6.45, 7) is 1.27. The summed E-state index contributed by atoms with van der Waals surface area (Å²) in [5.41, 5.74) is 2.25. The van der Waals surface area contributed by atoms with E-state index >= 15 is 0 Å². The van der Waals surface area contributed by atoms with E-state index < -0.39 is 12.6 Å². The summed E-state index contributed by atoms with van der Waals surface area (Å²) in [6, 6.07) is 8.25. The van der Waals surface area contributed by atoms with Gasteiger partial charge in [-0.3, -0.25) is 0 Å². The average molecular weight is 272 g/mol. The van der Waals surface area contributed by atoms with Crippen LogP contribution in [0.15, 0.2) is 24.3 Å². The van der Waals surface area contributed by atoms with Crippen molar-refractivity contribution in [2.45, 2.75) is 31.5 Å². The van der Waals surface area contributed by atoms with Crippen LogP contribution in [0.25, 0.3) is 0 Å². The van der Waals surface area contributed by atoms with Crippen molar-refractivity contribution in [1.82, 2.24) is 5.32 Å². The molecule has 0 aromatic heterocycles. The van der Waals surface area contributed by atoms with Crippen LogP contribution in [-0.4, -0.2) is 26.3 Å². The molecule has 1 heterocycles. The van der Waals surface area contributed by atoms with Crippen LogP contribution in [0.2, 0.25) is 0 Å². The molecule has 1 N–H and O–H groups in total. The summed E-state index contributed by atoms with van der Waals surface area (Å²) in [5, 5.41) is 3.25. The number of para-hydroxylation sites is 1. The Hall–Kier alpha value is -1.23. The van der Waals surface area contributed by atoms with E-state index in [1.165, 1.54) is 5.56 Å². The molecular weight excluding hydrogens is 253 g/mol. The van der Waals surface area contributed by atoms with E-state index in [4.69, 9.17) is 0 Å². The van der Waals surface area contributed by atoms with Gasteiger partial charge < -0.3 is 10.2 Å². The Bertz CT molecular complexity index is 417. The number of rotatable bonds is 4. The molecule has 1 aliphatic rings. The highest BCUT2D eigenvalue weighted by Gasteiger charge is 2.28. The molecule has 0 saturated heterocycles. The maximum Gasteiger partial charge on any atom is 0.389 e. The van der Waals surface area contributed by atoms with Crippen molar-refractivity contribution in [2.75, 3.05) is 25.0 Å². The van der Waals surface area contributed by atoms with Crippen LogP contribution in [0.5, 0.6) is 0 Å². The molecule has 106 valence electrons. The molecule has 0 saturated carbocycles. The first kappa shape index (κ1) is 14.2. The summed E-state index contributed by atoms with van der Waals surface area (Å²) < 4.78 is 36.6. The Labute approximate surface area is 111 Å². The molecule has 1 atom stereocenters. The van der Waals surface area contributed by atoms with Crippen molar-refractivity contribution in [1.29, 1.82) is 0 Å². The van der Waals surface area contributed by atoms with E-state index in [9.17, 15) is 13.2 Å². The Morgan fingerprint density at radius 1 is 1.32 bits per heavy atom. The van der Waals surface area contributed by atoms with Gasteiger partial charge in [-0.15, -0.1) is 0 Å². The first-order valence-corrected chi connectivity index (χ1v) is 6.59. The molecule has 0 spiro atoms. The van der Waals surface area contributed by atoms with Gasteiger partial charge in [0.05, 0.1) is 0 Å². The quantitative estimate of drug-likeness (QED) is 0.902. The number of fused-ring (bicyclic) bond motifs is 1. The lowest BCUT2D eigenvalue weighted by atomic mass is 9.96. The largest absolute Gasteiger partial charge is 0.389 e. The zero-order chi connectivity index (χ0) is 13.9. The molecule has 1 aliphatic heterocycles. The minimum absolute atomic E-state index is 0.155. The monoisotopic (exact) mass is 272 g/mol.